The van der Waals surface area contributed by atoms with Crippen LogP contribution in [0.2, 0.25) is 5.02 Å². The Morgan fingerprint density at radius 1 is 1.00 bits per heavy atom. The first-order chi connectivity index (χ1) is 14.1. The average Bonchev–Trinajstić information content (AvgIpc) is 3.28. The molecule has 6 nitrogen and oxygen atoms in total. The Bertz CT molecular complexity index is 1110. The zero-order valence-electron chi connectivity index (χ0n) is 16.0. The van der Waals surface area contributed by atoms with Crippen molar-refractivity contribution in [2.45, 2.75) is 19.3 Å². The first-order valence-electron chi connectivity index (χ1n) is 9.89. The van der Waals surface area contributed by atoms with Gasteiger partial charge in [-0.15, -0.1) is 0 Å². The zero-order chi connectivity index (χ0) is 20.0. The number of imidazole rings is 1. The Kier molecular flexibility index (Phi) is 4.43. The highest BCUT2D eigenvalue weighted by Crippen LogP contribution is 2.32. The highest BCUT2D eigenvalue weighted by Gasteiger charge is 2.31. The number of halogens is 1. The number of hydrogen-bond donors (Lipinski definition) is 3. The molecule has 1 saturated heterocycles. The summed E-state index contributed by atoms with van der Waals surface area (Å²) < 4.78 is 0. The molecule has 2 aliphatic rings. The van der Waals surface area contributed by atoms with Crippen molar-refractivity contribution in [2.24, 2.45) is 0 Å². The number of H-pyrrole nitrogens is 1. The number of anilines is 2. The Morgan fingerprint density at radius 3 is 2.48 bits per heavy atom. The third-order valence-corrected chi connectivity index (χ3v) is 5.92. The summed E-state index contributed by atoms with van der Waals surface area (Å²) >= 11 is 5.97. The lowest BCUT2D eigenvalue weighted by Gasteiger charge is -2.28. The van der Waals surface area contributed by atoms with Gasteiger partial charge >= 0.3 is 0 Å². The van der Waals surface area contributed by atoms with E-state index in [1.165, 1.54) is 24.9 Å². The summed E-state index contributed by atoms with van der Waals surface area (Å²) in [5, 5.41) is 19.8. The maximum atomic E-state index is 10.6. The average molecular weight is 408 g/mol. The van der Waals surface area contributed by atoms with Gasteiger partial charge in [-0.05, 0) is 61.7 Å². The van der Waals surface area contributed by atoms with Gasteiger partial charge in [0.15, 0.2) is 0 Å². The fourth-order valence-electron chi connectivity index (χ4n) is 4.13. The summed E-state index contributed by atoms with van der Waals surface area (Å²) in [6.07, 6.45) is 3.75. The van der Waals surface area contributed by atoms with Crippen molar-refractivity contribution >= 4 is 45.4 Å². The maximum absolute atomic E-state index is 10.6. The summed E-state index contributed by atoms with van der Waals surface area (Å²) in [5.41, 5.74) is 4.19. The normalized spacial score (nSPS) is 17.6. The minimum Gasteiger partial charge on any atom is -0.509 e. The summed E-state index contributed by atoms with van der Waals surface area (Å²) in [5.74, 6) is 0.884. The van der Waals surface area contributed by atoms with Crippen LogP contribution in [0.5, 0.6) is 0 Å². The number of aliphatic hydroxyl groups is 1. The molecule has 0 spiro atoms. The van der Waals surface area contributed by atoms with E-state index in [0.29, 0.717) is 16.4 Å². The van der Waals surface area contributed by atoms with Gasteiger partial charge in [-0.1, -0.05) is 11.6 Å². The number of amidine groups is 1. The van der Waals surface area contributed by atoms with Crippen LogP contribution in [0, 0.1) is 5.41 Å². The van der Waals surface area contributed by atoms with Crippen LogP contribution in [0.4, 0.5) is 11.4 Å². The van der Waals surface area contributed by atoms with E-state index in [9.17, 15) is 5.11 Å². The van der Waals surface area contributed by atoms with Crippen LogP contribution in [-0.2, 0) is 0 Å². The summed E-state index contributed by atoms with van der Waals surface area (Å²) in [7, 11) is 0. The molecule has 1 aromatic heterocycles. The van der Waals surface area contributed by atoms with Crippen molar-refractivity contribution in [1.82, 2.24) is 9.97 Å². The quantitative estimate of drug-likeness (QED) is 0.572. The summed E-state index contributed by atoms with van der Waals surface area (Å²) in [4.78, 5) is 12.1. The van der Waals surface area contributed by atoms with Crippen molar-refractivity contribution < 1.29 is 5.11 Å². The van der Waals surface area contributed by atoms with Gasteiger partial charge in [-0.3, -0.25) is 5.41 Å². The van der Waals surface area contributed by atoms with Crippen LogP contribution in [-0.4, -0.2) is 40.5 Å². The minimum absolute atomic E-state index is 0.139. The number of nitrogens with zero attached hydrogens (tertiary/aromatic N) is 3. The van der Waals surface area contributed by atoms with Crippen LogP contribution in [0.25, 0.3) is 16.6 Å². The largest absolute Gasteiger partial charge is 0.509 e. The highest BCUT2D eigenvalue weighted by molar-refractivity contribution is 6.31. The molecule has 5 rings (SSSR count). The molecule has 0 aliphatic carbocycles. The number of benzene rings is 2. The second-order valence-corrected chi connectivity index (χ2v) is 8.00. The molecule has 29 heavy (non-hydrogen) atoms. The smallest absolute Gasteiger partial charge is 0.145 e. The zero-order valence-corrected chi connectivity index (χ0v) is 16.7. The first kappa shape index (κ1) is 18.1. The van der Waals surface area contributed by atoms with Crippen molar-refractivity contribution in [1.29, 1.82) is 5.41 Å². The molecule has 3 N–H and O–H groups in total. The van der Waals surface area contributed by atoms with E-state index in [-0.39, 0.29) is 18.1 Å². The number of rotatable bonds is 3. The molecule has 0 unspecified atom stereocenters. The molecule has 3 heterocycles. The molecule has 2 aromatic carbocycles. The number of aliphatic hydroxyl groups excluding tert-OH is 1. The molecule has 2 aliphatic heterocycles. The molecule has 1 fully saturated rings. The molecule has 7 heteroatoms. The van der Waals surface area contributed by atoms with E-state index in [4.69, 9.17) is 17.0 Å². The Balaban J connectivity index is 1.45. The van der Waals surface area contributed by atoms with Gasteiger partial charge in [0.25, 0.3) is 0 Å². The molecule has 0 amide bonds. The summed E-state index contributed by atoms with van der Waals surface area (Å²) in [6, 6.07) is 13.5. The van der Waals surface area contributed by atoms with Crippen LogP contribution in [0.15, 0.2) is 48.2 Å². The van der Waals surface area contributed by atoms with Gasteiger partial charge < -0.3 is 19.9 Å². The predicted molar refractivity (Wildman–Crippen MR) is 118 cm³/mol. The number of piperidine rings is 1. The van der Waals surface area contributed by atoms with Gasteiger partial charge in [0, 0.05) is 29.5 Å². The Morgan fingerprint density at radius 2 is 1.72 bits per heavy atom. The molecule has 0 saturated carbocycles. The molecular formula is C22H22ClN5O. The monoisotopic (exact) mass is 407 g/mol. The molecule has 0 bridgehead atoms. The number of nitrogens with one attached hydrogen (secondary N) is 2. The second-order valence-electron chi connectivity index (χ2n) is 7.57. The number of hydrogen-bond acceptors (Lipinski definition) is 4. The van der Waals surface area contributed by atoms with E-state index < -0.39 is 0 Å². The van der Waals surface area contributed by atoms with Crippen molar-refractivity contribution in [3.05, 3.63) is 59.1 Å². The van der Waals surface area contributed by atoms with Gasteiger partial charge in [-0.25, -0.2) is 4.98 Å². The van der Waals surface area contributed by atoms with E-state index in [0.717, 1.165) is 29.8 Å². The lowest BCUT2D eigenvalue weighted by molar-refractivity contribution is 0.411. The van der Waals surface area contributed by atoms with E-state index in [1.807, 2.05) is 18.2 Å². The van der Waals surface area contributed by atoms with Crippen LogP contribution >= 0.6 is 11.6 Å². The number of aromatic nitrogens is 2. The minimum atomic E-state index is 0.139. The standard InChI is InChI=1S/C22H22ClN5O/c23-14-4-6-15(7-5-14)28-13-19(29)20(21(28)24)22-25-17-9-8-16(12-18(17)26-22)27-10-2-1-3-11-27/h4-9,12,24,29H,1-3,10-11,13H2,(H,25,26). The van der Waals surface area contributed by atoms with Gasteiger partial charge in [0.2, 0.25) is 0 Å². The molecule has 3 aromatic rings. The first-order valence-corrected chi connectivity index (χ1v) is 10.3. The van der Waals surface area contributed by atoms with E-state index in [2.05, 4.69) is 27.0 Å². The predicted octanol–water partition coefficient (Wildman–Crippen LogP) is 4.97. The summed E-state index contributed by atoms with van der Waals surface area (Å²) in [6.45, 7) is 2.41. The fraction of sp³-hybridized carbons (Fsp3) is 0.273. The molecule has 148 valence electrons. The van der Waals surface area contributed by atoms with E-state index in [1.54, 1.807) is 17.0 Å². The number of fused-ring (bicyclic) bond motifs is 1. The number of aromatic amines is 1. The Labute approximate surface area is 173 Å². The van der Waals surface area contributed by atoms with Crippen LogP contribution < -0.4 is 9.80 Å². The van der Waals surface area contributed by atoms with Crippen LogP contribution in [0.1, 0.15) is 25.1 Å². The third-order valence-electron chi connectivity index (χ3n) is 5.66. The molecule has 0 atom stereocenters. The van der Waals surface area contributed by atoms with Crippen molar-refractivity contribution in [3.63, 3.8) is 0 Å². The van der Waals surface area contributed by atoms with Gasteiger partial charge in [-0.2, -0.15) is 0 Å². The fourth-order valence-corrected chi connectivity index (χ4v) is 4.26. The highest BCUT2D eigenvalue weighted by atomic mass is 35.5. The maximum Gasteiger partial charge on any atom is 0.145 e. The lowest BCUT2D eigenvalue weighted by Crippen LogP contribution is -2.29. The lowest BCUT2D eigenvalue weighted by atomic mass is 10.1. The van der Waals surface area contributed by atoms with Crippen molar-refractivity contribution in [3.8, 4) is 0 Å². The van der Waals surface area contributed by atoms with Crippen molar-refractivity contribution in [2.75, 3.05) is 29.4 Å². The topological polar surface area (TPSA) is 79.2 Å². The second kappa shape index (κ2) is 7.12. The van der Waals surface area contributed by atoms with Crippen LogP contribution in [0.3, 0.4) is 0 Å². The third kappa shape index (κ3) is 3.23. The van der Waals surface area contributed by atoms with Gasteiger partial charge in [0.1, 0.15) is 17.4 Å². The van der Waals surface area contributed by atoms with Gasteiger partial charge in [0.05, 0.1) is 23.2 Å². The SMILES string of the molecule is N=C1C(c2nc3ccc(N4CCCCC4)cc3[nH]2)=C(O)CN1c1ccc(Cl)cc1. The molecule has 0 radical (unpaired) electrons. The molecular weight excluding hydrogens is 386 g/mol. The van der Waals surface area contributed by atoms with E-state index >= 15 is 0 Å². The Hall–Kier alpha value is -2.99.